The van der Waals surface area contributed by atoms with Gasteiger partial charge in [0, 0.05) is 6.42 Å². The number of rotatable bonds is 5. The zero-order chi connectivity index (χ0) is 13.7. The van der Waals surface area contributed by atoms with E-state index in [4.69, 9.17) is 4.74 Å². The van der Waals surface area contributed by atoms with Crippen LogP contribution in [0.3, 0.4) is 0 Å². The number of Topliss-reactive ketones (excluding diaryl/α,β-unsaturated/α-hetero) is 1. The lowest BCUT2D eigenvalue weighted by atomic mass is 10.00. The van der Waals surface area contributed by atoms with Gasteiger partial charge in [0.1, 0.15) is 5.75 Å². The summed E-state index contributed by atoms with van der Waals surface area (Å²) in [7, 11) is 2.85. The first-order chi connectivity index (χ1) is 8.49. The molecule has 1 aromatic carbocycles. The minimum absolute atomic E-state index is 0.0888. The first kappa shape index (κ1) is 14.2. The molecular formula is C14H18O4. The Balaban J connectivity index is 2.94. The van der Waals surface area contributed by atoms with E-state index in [0.29, 0.717) is 11.3 Å². The third-order valence-electron chi connectivity index (χ3n) is 2.71. The number of carbonyl (C=O) groups excluding carboxylic acids is 2. The fourth-order valence-corrected chi connectivity index (χ4v) is 1.88. The lowest BCUT2D eigenvalue weighted by Gasteiger charge is -2.11. The highest BCUT2D eigenvalue weighted by Crippen LogP contribution is 2.26. The summed E-state index contributed by atoms with van der Waals surface area (Å²) in [5, 5.41) is 0. The van der Waals surface area contributed by atoms with E-state index in [-0.39, 0.29) is 24.6 Å². The van der Waals surface area contributed by atoms with Gasteiger partial charge in [0.15, 0.2) is 5.78 Å². The molecule has 0 heterocycles. The molecule has 0 aliphatic carbocycles. The maximum Gasteiger partial charge on any atom is 0.305 e. The summed E-state index contributed by atoms with van der Waals surface area (Å²) in [6.07, 6.45) is 0.220. The molecule has 4 heteroatoms. The van der Waals surface area contributed by atoms with Crippen LogP contribution >= 0.6 is 0 Å². The number of hydrogen-bond acceptors (Lipinski definition) is 4. The van der Waals surface area contributed by atoms with Crippen molar-refractivity contribution in [3.8, 4) is 5.75 Å². The van der Waals surface area contributed by atoms with E-state index in [1.54, 1.807) is 6.07 Å². The topological polar surface area (TPSA) is 52.6 Å². The van der Waals surface area contributed by atoms with Gasteiger partial charge < -0.3 is 9.47 Å². The zero-order valence-corrected chi connectivity index (χ0v) is 11.2. The first-order valence-corrected chi connectivity index (χ1v) is 5.74. The number of hydrogen-bond donors (Lipinski definition) is 0. The van der Waals surface area contributed by atoms with Gasteiger partial charge in [-0.25, -0.2) is 0 Å². The summed E-state index contributed by atoms with van der Waals surface area (Å²) < 4.78 is 9.77. The average Bonchev–Trinajstić information content (AvgIpc) is 2.34. The van der Waals surface area contributed by atoms with Gasteiger partial charge in [0.2, 0.25) is 0 Å². The summed E-state index contributed by atoms with van der Waals surface area (Å²) in [5.41, 5.74) is 2.44. The van der Waals surface area contributed by atoms with E-state index in [0.717, 1.165) is 11.1 Å². The number of esters is 1. The number of benzene rings is 1. The summed E-state index contributed by atoms with van der Waals surface area (Å²) in [5.74, 6) is 0.0891. The predicted octanol–water partition coefficient (Wildman–Crippen LogP) is 2.45. The van der Waals surface area contributed by atoms with Crippen LogP contribution in [0.5, 0.6) is 5.75 Å². The van der Waals surface area contributed by atoms with Crippen molar-refractivity contribution in [3.63, 3.8) is 0 Å². The van der Waals surface area contributed by atoms with E-state index in [1.165, 1.54) is 14.2 Å². The van der Waals surface area contributed by atoms with Crippen molar-refractivity contribution < 1.29 is 19.1 Å². The quantitative estimate of drug-likeness (QED) is 0.595. The number of aryl methyl sites for hydroxylation is 2. The molecule has 0 N–H and O–H groups in total. The van der Waals surface area contributed by atoms with Crippen molar-refractivity contribution in [1.29, 1.82) is 0 Å². The van der Waals surface area contributed by atoms with E-state index in [9.17, 15) is 9.59 Å². The Labute approximate surface area is 107 Å². The molecular weight excluding hydrogens is 232 g/mol. The van der Waals surface area contributed by atoms with Crippen LogP contribution in [-0.4, -0.2) is 26.0 Å². The highest BCUT2D eigenvalue weighted by molar-refractivity contribution is 6.00. The van der Waals surface area contributed by atoms with Gasteiger partial charge in [-0.3, -0.25) is 9.59 Å². The van der Waals surface area contributed by atoms with Gasteiger partial charge in [-0.2, -0.15) is 0 Å². The van der Waals surface area contributed by atoms with Crippen molar-refractivity contribution in [2.24, 2.45) is 0 Å². The maximum absolute atomic E-state index is 12.1. The molecule has 0 spiro atoms. The Morgan fingerprint density at radius 3 is 2.33 bits per heavy atom. The first-order valence-electron chi connectivity index (χ1n) is 5.74. The molecule has 1 aromatic rings. The standard InChI is InChI=1S/C14H18O4/c1-9-7-10(2)14(18-4)11(8-9)12(15)5-6-13(16)17-3/h7-8H,5-6H2,1-4H3. The predicted molar refractivity (Wildman–Crippen MR) is 68.0 cm³/mol. The number of ether oxygens (including phenoxy) is 2. The molecule has 0 unspecified atom stereocenters. The minimum Gasteiger partial charge on any atom is -0.496 e. The van der Waals surface area contributed by atoms with Crippen LogP contribution in [0, 0.1) is 13.8 Å². The van der Waals surface area contributed by atoms with Crippen LogP contribution in [-0.2, 0) is 9.53 Å². The molecule has 0 fully saturated rings. The minimum atomic E-state index is -0.383. The van der Waals surface area contributed by atoms with E-state index < -0.39 is 0 Å². The molecule has 0 radical (unpaired) electrons. The molecule has 0 aliphatic heterocycles. The van der Waals surface area contributed by atoms with Crippen LogP contribution in [0.4, 0.5) is 0 Å². The molecule has 18 heavy (non-hydrogen) atoms. The van der Waals surface area contributed by atoms with Crippen molar-refractivity contribution in [1.82, 2.24) is 0 Å². The maximum atomic E-state index is 12.1. The Hall–Kier alpha value is -1.84. The second kappa shape index (κ2) is 6.19. The second-order valence-corrected chi connectivity index (χ2v) is 4.16. The molecule has 0 atom stereocenters. The van der Waals surface area contributed by atoms with Crippen molar-refractivity contribution in [3.05, 3.63) is 28.8 Å². The highest BCUT2D eigenvalue weighted by atomic mass is 16.5. The lowest BCUT2D eigenvalue weighted by Crippen LogP contribution is -2.08. The lowest BCUT2D eigenvalue weighted by molar-refractivity contribution is -0.140. The summed E-state index contributed by atoms with van der Waals surface area (Å²) >= 11 is 0. The monoisotopic (exact) mass is 250 g/mol. The summed E-state index contributed by atoms with van der Waals surface area (Å²) in [6.45, 7) is 3.81. The van der Waals surface area contributed by atoms with Gasteiger partial charge >= 0.3 is 5.97 Å². The summed E-state index contributed by atoms with van der Waals surface area (Å²) in [6, 6.07) is 3.74. The molecule has 98 valence electrons. The fourth-order valence-electron chi connectivity index (χ4n) is 1.88. The fraction of sp³-hybridized carbons (Fsp3) is 0.429. The number of methoxy groups -OCH3 is 2. The Morgan fingerprint density at radius 2 is 1.78 bits per heavy atom. The van der Waals surface area contributed by atoms with Crippen LogP contribution in [0.25, 0.3) is 0 Å². The Morgan fingerprint density at radius 1 is 1.11 bits per heavy atom. The third kappa shape index (κ3) is 3.32. The summed E-state index contributed by atoms with van der Waals surface area (Å²) in [4.78, 5) is 23.1. The molecule has 0 saturated heterocycles. The molecule has 0 bridgehead atoms. The molecule has 0 saturated carbocycles. The van der Waals surface area contributed by atoms with Crippen LogP contribution < -0.4 is 4.74 Å². The molecule has 1 rings (SSSR count). The van der Waals surface area contributed by atoms with Crippen molar-refractivity contribution in [2.75, 3.05) is 14.2 Å². The molecule has 0 aliphatic rings. The van der Waals surface area contributed by atoms with Gasteiger partial charge in [0.25, 0.3) is 0 Å². The zero-order valence-electron chi connectivity index (χ0n) is 11.2. The number of ketones is 1. The number of carbonyl (C=O) groups is 2. The Kier molecular flexibility index (Phi) is 4.89. The van der Waals surface area contributed by atoms with Gasteiger partial charge in [-0.15, -0.1) is 0 Å². The molecule has 0 aromatic heterocycles. The molecule has 4 nitrogen and oxygen atoms in total. The smallest absolute Gasteiger partial charge is 0.305 e. The largest absolute Gasteiger partial charge is 0.496 e. The normalized spacial score (nSPS) is 10.0. The van der Waals surface area contributed by atoms with Crippen LogP contribution in [0.15, 0.2) is 12.1 Å². The highest BCUT2D eigenvalue weighted by Gasteiger charge is 2.16. The van der Waals surface area contributed by atoms with Crippen LogP contribution in [0.1, 0.15) is 34.3 Å². The third-order valence-corrected chi connectivity index (χ3v) is 2.71. The van der Waals surface area contributed by atoms with Crippen molar-refractivity contribution in [2.45, 2.75) is 26.7 Å². The second-order valence-electron chi connectivity index (χ2n) is 4.16. The van der Waals surface area contributed by atoms with E-state index in [2.05, 4.69) is 4.74 Å². The molecule has 0 amide bonds. The average molecular weight is 250 g/mol. The van der Waals surface area contributed by atoms with Crippen LogP contribution in [0.2, 0.25) is 0 Å². The van der Waals surface area contributed by atoms with Gasteiger partial charge in [-0.1, -0.05) is 6.07 Å². The van der Waals surface area contributed by atoms with Gasteiger partial charge in [-0.05, 0) is 31.0 Å². The SMILES string of the molecule is COC(=O)CCC(=O)c1cc(C)cc(C)c1OC. The van der Waals surface area contributed by atoms with E-state index >= 15 is 0 Å². The van der Waals surface area contributed by atoms with E-state index in [1.807, 2.05) is 19.9 Å². The van der Waals surface area contributed by atoms with Gasteiger partial charge in [0.05, 0.1) is 26.2 Å². The van der Waals surface area contributed by atoms with Crippen molar-refractivity contribution >= 4 is 11.8 Å². The Bertz CT molecular complexity index is 463.